The molecule has 0 aliphatic carbocycles. The summed E-state index contributed by atoms with van der Waals surface area (Å²) in [4.78, 5) is 13.0. The molecule has 1 unspecified atom stereocenters. The van der Waals surface area contributed by atoms with E-state index in [-0.39, 0.29) is 6.04 Å². The average Bonchev–Trinajstić information content (AvgIpc) is 3.02. The normalized spacial score (nSPS) is 17.2. The largest absolute Gasteiger partial charge is 0.493 e. The number of nitrogens with one attached hydrogen (secondary N) is 1. The van der Waals surface area contributed by atoms with Gasteiger partial charge >= 0.3 is 6.09 Å². The highest BCUT2D eigenvalue weighted by Crippen LogP contribution is 2.31. The van der Waals surface area contributed by atoms with E-state index in [2.05, 4.69) is 10.2 Å². The molecule has 1 saturated heterocycles. The Morgan fingerprint density at radius 1 is 1.24 bits per heavy atom. The van der Waals surface area contributed by atoms with Crippen molar-refractivity contribution < 1.29 is 19.4 Å². The molecule has 0 aromatic heterocycles. The van der Waals surface area contributed by atoms with Crippen molar-refractivity contribution >= 4 is 6.09 Å². The van der Waals surface area contributed by atoms with Gasteiger partial charge in [0.25, 0.3) is 0 Å². The highest BCUT2D eigenvalue weighted by atomic mass is 16.5. The van der Waals surface area contributed by atoms with E-state index in [1.165, 1.54) is 0 Å². The third-order valence-corrected chi connectivity index (χ3v) is 4.20. The van der Waals surface area contributed by atoms with Gasteiger partial charge in [-0.05, 0) is 36.2 Å². The number of amides is 1. The Kier molecular flexibility index (Phi) is 5.40. The molecule has 1 atom stereocenters. The first kappa shape index (κ1) is 17.1. The van der Waals surface area contributed by atoms with Crippen molar-refractivity contribution in [3.05, 3.63) is 54.1 Å². The number of likely N-dealkylation sites (tertiary alicyclic amines) is 1. The van der Waals surface area contributed by atoms with Crippen LogP contribution in [0.4, 0.5) is 4.79 Å². The van der Waals surface area contributed by atoms with Crippen LogP contribution in [-0.4, -0.2) is 42.3 Å². The number of nitrogens with zero attached hydrogens (tertiary/aromatic N) is 1. The Morgan fingerprint density at radius 2 is 2.04 bits per heavy atom. The molecule has 1 fully saturated rings. The highest BCUT2D eigenvalue weighted by Gasteiger charge is 2.23. The lowest BCUT2D eigenvalue weighted by Crippen LogP contribution is -2.35. The average molecular weight is 342 g/mol. The number of hydrogen-bond donors (Lipinski definition) is 2. The molecule has 6 nitrogen and oxygen atoms in total. The molecule has 0 spiro atoms. The van der Waals surface area contributed by atoms with Crippen LogP contribution < -0.4 is 14.8 Å². The van der Waals surface area contributed by atoms with Crippen molar-refractivity contribution in [2.75, 3.05) is 20.2 Å². The summed E-state index contributed by atoms with van der Waals surface area (Å²) in [6.45, 7) is 2.37. The van der Waals surface area contributed by atoms with E-state index in [1.54, 1.807) is 7.11 Å². The van der Waals surface area contributed by atoms with Crippen LogP contribution in [0.1, 0.15) is 12.0 Å². The van der Waals surface area contributed by atoms with E-state index in [9.17, 15) is 4.79 Å². The van der Waals surface area contributed by atoms with Gasteiger partial charge < -0.3 is 19.9 Å². The number of benzene rings is 2. The van der Waals surface area contributed by atoms with E-state index < -0.39 is 6.09 Å². The summed E-state index contributed by atoms with van der Waals surface area (Å²) in [7, 11) is 1.62. The summed E-state index contributed by atoms with van der Waals surface area (Å²) in [5.41, 5.74) is 1.13. The minimum Gasteiger partial charge on any atom is -0.493 e. The van der Waals surface area contributed by atoms with Crippen LogP contribution in [0, 0.1) is 0 Å². The van der Waals surface area contributed by atoms with Crippen LogP contribution in [-0.2, 0) is 6.54 Å². The fourth-order valence-corrected chi connectivity index (χ4v) is 3.06. The number of rotatable bonds is 6. The first-order valence-corrected chi connectivity index (χ1v) is 8.25. The molecular formula is C19H22N2O4. The molecule has 25 heavy (non-hydrogen) atoms. The number of carbonyl (C=O) groups is 1. The highest BCUT2D eigenvalue weighted by molar-refractivity contribution is 5.64. The fourth-order valence-electron chi connectivity index (χ4n) is 3.06. The summed E-state index contributed by atoms with van der Waals surface area (Å²) in [6, 6.07) is 15.5. The number of para-hydroxylation sites is 2. The van der Waals surface area contributed by atoms with Crippen LogP contribution in [0.2, 0.25) is 0 Å². The Balaban J connectivity index is 1.63. The number of carboxylic acid groups (broad SMARTS) is 1. The molecule has 1 aliphatic rings. The van der Waals surface area contributed by atoms with Gasteiger partial charge in [0.2, 0.25) is 0 Å². The van der Waals surface area contributed by atoms with Crippen LogP contribution >= 0.6 is 0 Å². The Bertz CT molecular complexity index is 735. The molecule has 0 bridgehead atoms. The molecule has 1 heterocycles. The summed E-state index contributed by atoms with van der Waals surface area (Å²) < 4.78 is 11.3. The quantitative estimate of drug-likeness (QED) is 0.842. The maximum absolute atomic E-state index is 10.7. The molecule has 1 amide bonds. The molecule has 2 N–H and O–H groups in total. The predicted octanol–water partition coefficient (Wildman–Crippen LogP) is 3.33. The van der Waals surface area contributed by atoms with Crippen molar-refractivity contribution in [2.45, 2.75) is 19.0 Å². The van der Waals surface area contributed by atoms with Gasteiger partial charge in [0.05, 0.1) is 7.11 Å². The minimum atomic E-state index is -0.959. The van der Waals surface area contributed by atoms with Crippen LogP contribution in [0.5, 0.6) is 17.2 Å². The van der Waals surface area contributed by atoms with Crippen molar-refractivity contribution in [2.24, 2.45) is 0 Å². The maximum Gasteiger partial charge on any atom is 0.404 e. The second-order valence-corrected chi connectivity index (χ2v) is 6.07. The van der Waals surface area contributed by atoms with E-state index in [4.69, 9.17) is 14.6 Å². The standard InChI is InChI=1S/C19H22N2O4/c1-24-17-7-2-3-8-18(17)25-16-6-4-5-14(11-16)12-21-10-9-15(13-21)20-19(22)23/h2-8,11,15,20H,9-10,12-13H2,1H3,(H,22,23). The third kappa shape index (κ3) is 4.64. The molecule has 3 rings (SSSR count). The van der Waals surface area contributed by atoms with Gasteiger partial charge in [-0.1, -0.05) is 24.3 Å². The van der Waals surface area contributed by atoms with Gasteiger partial charge in [0, 0.05) is 25.7 Å². The first-order chi connectivity index (χ1) is 12.1. The summed E-state index contributed by atoms with van der Waals surface area (Å²) >= 11 is 0. The minimum absolute atomic E-state index is 0.00510. The van der Waals surface area contributed by atoms with Crippen LogP contribution in [0.3, 0.4) is 0 Å². The molecule has 132 valence electrons. The summed E-state index contributed by atoms with van der Waals surface area (Å²) in [5.74, 6) is 2.12. The van der Waals surface area contributed by atoms with E-state index in [0.717, 1.165) is 37.4 Å². The zero-order chi connectivity index (χ0) is 17.6. The fraction of sp³-hybridized carbons (Fsp3) is 0.316. The van der Waals surface area contributed by atoms with Crippen molar-refractivity contribution in [1.29, 1.82) is 0 Å². The number of methoxy groups -OCH3 is 1. The molecular weight excluding hydrogens is 320 g/mol. The van der Waals surface area contributed by atoms with Crippen LogP contribution in [0.15, 0.2) is 48.5 Å². The van der Waals surface area contributed by atoms with Crippen LogP contribution in [0.25, 0.3) is 0 Å². The topological polar surface area (TPSA) is 71.0 Å². The van der Waals surface area contributed by atoms with Gasteiger partial charge in [-0.15, -0.1) is 0 Å². The van der Waals surface area contributed by atoms with E-state index >= 15 is 0 Å². The zero-order valence-electron chi connectivity index (χ0n) is 14.1. The molecule has 0 saturated carbocycles. The second-order valence-electron chi connectivity index (χ2n) is 6.07. The van der Waals surface area contributed by atoms with E-state index in [0.29, 0.717) is 11.5 Å². The number of hydrogen-bond acceptors (Lipinski definition) is 4. The van der Waals surface area contributed by atoms with Crippen molar-refractivity contribution in [1.82, 2.24) is 10.2 Å². The first-order valence-electron chi connectivity index (χ1n) is 8.25. The van der Waals surface area contributed by atoms with Gasteiger partial charge in [-0.3, -0.25) is 4.90 Å². The van der Waals surface area contributed by atoms with Gasteiger partial charge in [-0.2, -0.15) is 0 Å². The zero-order valence-corrected chi connectivity index (χ0v) is 14.1. The van der Waals surface area contributed by atoms with Gasteiger partial charge in [0.15, 0.2) is 11.5 Å². The Labute approximate surface area is 147 Å². The lowest BCUT2D eigenvalue weighted by atomic mass is 10.2. The smallest absolute Gasteiger partial charge is 0.404 e. The number of ether oxygens (including phenoxy) is 2. The van der Waals surface area contributed by atoms with Gasteiger partial charge in [-0.25, -0.2) is 4.79 Å². The molecule has 6 heteroatoms. The predicted molar refractivity (Wildman–Crippen MR) is 94.4 cm³/mol. The second kappa shape index (κ2) is 7.90. The summed E-state index contributed by atoms with van der Waals surface area (Å²) in [5, 5.41) is 11.4. The maximum atomic E-state index is 10.7. The van der Waals surface area contributed by atoms with E-state index in [1.807, 2.05) is 48.5 Å². The molecule has 1 aliphatic heterocycles. The SMILES string of the molecule is COc1ccccc1Oc1cccc(CN2CCC(NC(=O)O)C2)c1. The Hall–Kier alpha value is -2.73. The lowest BCUT2D eigenvalue weighted by Gasteiger charge is -2.17. The van der Waals surface area contributed by atoms with Crippen molar-refractivity contribution in [3.8, 4) is 17.2 Å². The molecule has 0 radical (unpaired) electrons. The third-order valence-electron chi connectivity index (χ3n) is 4.20. The lowest BCUT2D eigenvalue weighted by molar-refractivity contribution is 0.189. The van der Waals surface area contributed by atoms with Crippen molar-refractivity contribution in [3.63, 3.8) is 0 Å². The summed E-state index contributed by atoms with van der Waals surface area (Å²) in [6.07, 6.45) is -0.122. The Morgan fingerprint density at radius 3 is 2.80 bits per heavy atom. The monoisotopic (exact) mass is 342 g/mol. The molecule has 2 aromatic rings. The van der Waals surface area contributed by atoms with Gasteiger partial charge in [0.1, 0.15) is 5.75 Å². The molecule has 2 aromatic carbocycles.